The van der Waals surface area contributed by atoms with Crippen LogP contribution in [-0.2, 0) is 6.42 Å². The molecule has 1 aromatic carbocycles. The lowest BCUT2D eigenvalue weighted by molar-refractivity contribution is 0.356. The van der Waals surface area contributed by atoms with Crippen molar-refractivity contribution in [2.24, 2.45) is 29.6 Å². The minimum absolute atomic E-state index is 0.569. The van der Waals surface area contributed by atoms with Gasteiger partial charge in [-0.2, -0.15) is 0 Å². The summed E-state index contributed by atoms with van der Waals surface area (Å²) in [6, 6.07) is 7.45. The first-order valence-corrected chi connectivity index (χ1v) is 8.29. The number of hydrogen-bond donors (Lipinski definition) is 1. The minimum atomic E-state index is 0.569. The third-order valence-corrected chi connectivity index (χ3v) is 6.56. The highest BCUT2D eigenvalue weighted by Gasteiger charge is 2.66. The van der Waals surface area contributed by atoms with E-state index in [0.717, 1.165) is 48.4 Å². The average molecular weight is 269 g/mol. The molecule has 1 aromatic rings. The zero-order valence-corrected chi connectivity index (χ0v) is 12.1. The third-order valence-electron chi connectivity index (χ3n) is 6.56. The summed E-state index contributed by atoms with van der Waals surface area (Å²) in [4.78, 5) is 0. The maximum atomic E-state index is 5.64. The molecule has 0 saturated heterocycles. The Morgan fingerprint density at radius 2 is 2.00 bits per heavy atom. The molecule has 2 nitrogen and oxygen atoms in total. The van der Waals surface area contributed by atoms with Crippen molar-refractivity contribution < 1.29 is 4.74 Å². The van der Waals surface area contributed by atoms with Crippen LogP contribution in [0.25, 0.3) is 0 Å². The van der Waals surface area contributed by atoms with E-state index in [1.807, 2.05) is 0 Å². The number of fused-ring (bicyclic) bond motifs is 6. The van der Waals surface area contributed by atoms with Crippen molar-refractivity contribution in [2.45, 2.75) is 31.7 Å². The second kappa shape index (κ2) is 4.00. The second-order valence-corrected chi connectivity index (χ2v) is 7.30. The Kier molecular flexibility index (Phi) is 2.33. The summed E-state index contributed by atoms with van der Waals surface area (Å²) in [5.74, 6) is 6.21. The van der Waals surface area contributed by atoms with E-state index in [4.69, 9.17) is 4.74 Å². The predicted octanol–water partition coefficient (Wildman–Crippen LogP) is 3.17. The van der Waals surface area contributed by atoms with Gasteiger partial charge in [0.1, 0.15) is 5.75 Å². The Labute approximate surface area is 120 Å². The van der Waals surface area contributed by atoms with Crippen molar-refractivity contribution in [1.29, 1.82) is 0 Å². The Hall–Kier alpha value is -1.02. The van der Waals surface area contributed by atoms with Crippen LogP contribution in [0.2, 0.25) is 0 Å². The first-order valence-electron chi connectivity index (χ1n) is 8.29. The fourth-order valence-corrected chi connectivity index (χ4v) is 5.82. The van der Waals surface area contributed by atoms with Gasteiger partial charge in [-0.3, -0.25) is 0 Å². The van der Waals surface area contributed by atoms with E-state index >= 15 is 0 Å². The van der Waals surface area contributed by atoms with E-state index in [0.29, 0.717) is 6.04 Å². The number of benzene rings is 1. The summed E-state index contributed by atoms with van der Waals surface area (Å²) >= 11 is 0. The molecule has 2 bridgehead atoms. The van der Waals surface area contributed by atoms with E-state index in [1.54, 1.807) is 6.42 Å². The van der Waals surface area contributed by atoms with E-state index in [1.165, 1.54) is 24.0 Å². The lowest BCUT2D eigenvalue weighted by Gasteiger charge is -2.21. The van der Waals surface area contributed by atoms with Gasteiger partial charge < -0.3 is 10.1 Å². The molecule has 5 unspecified atom stereocenters. The van der Waals surface area contributed by atoms with Crippen LogP contribution < -0.4 is 10.1 Å². The zero-order valence-electron chi connectivity index (χ0n) is 12.1. The molecule has 1 aliphatic heterocycles. The van der Waals surface area contributed by atoms with Gasteiger partial charge in [-0.05, 0) is 73.1 Å². The molecule has 3 saturated carbocycles. The highest BCUT2D eigenvalue weighted by Crippen LogP contribution is 2.72. The van der Waals surface area contributed by atoms with Crippen LogP contribution in [0.1, 0.15) is 36.4 Å². The number of rotatable bonds is 3. The minimum Gasteiger partial charge on any atom is -0.493 e. The van der Waals surface area contributed by atoms with E-state index < -0.39 is 0 Å². The summed E-state index contributed by atoms with van der Waals surface area (Å²) < 4.78 is 5.64. The standard InChI is InChI=1S/C18H23NO/c1-19-18(13-4-5-14-10(8-13)6-7-20-14)17-15-11-2-3-12(9-11)16(15)17/h4-5,8,11-12,15-19H,2-3,6-7,9H2,1H3. The predicted molar refractivity (Wildman–Crippen MR) is 78.7 cm³/mol. The van der Waals surface area contributed by atoms with Crippen molar-refractivity contribution >= 4 is 0 Å². The summed E-state index contributed by atoms with van der Waals surface area (Å²) in [6.07, 6.45) is 5.65. The highest BCUT2D eigenvalue weighted by molar-refractivity contribution is 5.41. The van der Waals surface area contributed by atoms with Gasteiger partial charge in [0.25, 0.3) is 0 Å². The SMILES string of the molecule is CNC(c1ccc2c(c1)CCO2)C1C2C3CCC(C3)C21. The third kappa shape index (κ3) is 1.43. The summed E-state index contributed by atoms with van der Waals surface area (Å²) in [7, 11) is 2.14. The van der Waals surface area contributed by atoms with Gasteiger partial charge in [-0.1, -0.05) is 12.1 Å². The number of ether oxygens (including phenoxy) is 1. The smallest absolute Gasteiger partial charge is 0.122 e. The molecule has 0 aromatic heterocycles. The zero-order chi connectivity index (χ0) is 13.3. The Balaban J connectivity index is 1.44. The molecule has 4 aliphatic rings. The van der Waals surface area contributed by atoms with Gasteiger partial charge in [-0.25, -0.2) is 0 Å². The van der Waals surface area contributed by atoms with Crippen molar-refractivity contribution in [3.63, 3.8) is 0 Å². The fraction of sp³-hybridized carbons (Fsp3) is 0.667. The maximum absolute atomic E-state index is 5.64. The maximum Gasteiger partial charge on any atom is 0.122 e. The Bertz CT molecular complexity index is 538. The van der Waals surface area contributed by atoms with Crippen molar-refractivity contribution in [2.75, 3.05) is 13.7 Å². The van der Waals surface area contributed by atoms with E-state index in [-0.39, 0.29) is 0 Å². The fourth-order valence-electron chi connectivity index (χ4n) is 5.82. The van der Waals surface area contributed by atoms with Gasteiger partial charge in [0.05, 0.1) is 6.61 Å². The largest absolute Gasteiger partial charge is 0.493 e. The lowest BCUT2D eigenvalue weighted by Crippen LogP contribution is -2.22. The van der Waals surface area contributed by atoms with Gasteiger partial charge in [0, 0.05) is 12.5 Å². The molecule has 3 fully saturated rings. The molecular weight excluding hydrogens is 246 g/mol. The van der Waals surface area contributed by atoms with Crippen LogP contribution in [0.3, 0.4) is 0 Å². The van der Waals surface area contributed by atoms with Crippen molar-refractivity contribution in [3.8, 4) is 5.75 Å². The van der Waals surface area contributed by atoms with Gasteiger partial charge in [0.15, 0.2) is 0 Å². The van der Waals surface area contributed by atoms with Crippen LogP contribution in [0.15, 0.2) is 18.2 Å². The normalized spacial score (nSPS) is 41.1. The first-order chi connectivity index (χ1) is 9.86. The summed E-state index contributed by atoms with van der Waals surface area (Å²) in [5.41, 5.74) is 2.91. The van der Waals surface area contributed by atoms with Gasteiger partial charge >= 0.3 is 0 Å². The first kappa shape index (κ1) is 11.6. The Morgan fingerprint density at radius 1 is 1.20 bits per heavy atom. The molecule has 1 heterocycles. The lowest BCUT2D eigenvalue weighted by atomic mass is 9.92. The van der Waals surface area contributed by atoms with Crippen LogP contribution in [0, 0.1) is 29.6 Å². The van der Waals surface area contributed by atoms with Crippen LogP contribution in [0.5, 0.6) is 5.75 Å². The van der Waals surface area contributed by atoms with Crippen molar-refractivity contribution in [1.82, 2.24) is 5.32 Å². The van der Waals surface area contributed by atoms with Crippen LogP contribution in [-0.4, -0.2) is 13.7 Å². The monoisotopic (exact) mass is 269 g/mol. The average Bonchev–Trinajstić information content (AvgIpc) is 2.89. The molecule has 0 spiro atoms. The molecule has 5 rings (SSSR count). The summed E-state index contributed by atoms with van der Waals surface area (Å²) in [6.45, 7) is 0.863. The Morgan fingerprint density at radius 3 is 2.75 bits per heavy atom. The van der Waals surface area contributed by atoms with Crippen LogP contribution in [0.4, 0.5) is 0 Å². The number of nitrogens with one attached hydrogen (secondary N) is 1. The number of hydrogen-bond acceptors (Lipinski definition) is 2. The molecular formula is C18H23NO. The quantitative estimate of drug-likeness (QED) is 0.910. The topological polar surface area (TPSA) is 21.3 Å². The molecule has 3 aliphatic carbocycles. The van der Waals surface area contributed by atoms with E-state index in [9.17, 15) is 0 Å². The molecule has 1 N–H and O–H groups in total. The molecule has 106 valence electrons. The molecule has 0 amide bonds. The molecule has 2 heteroatoms. The molecule has 0 radical (unpaired) electrons. The van der Waals surface area contributed by atoms with Gasteiger partial charge in [0.2, 0.25) is 0 Å². The second-order valence-electron chi connectivity index (χ2n) is 7.30. The summed E-state index contributed by atoms with van der Waals surface area (Å²) in [5, 5.41) is 3.63. The van der Waals surface area contributed by atoms with Crippen LogP contribution >= 0.6 is 0 Å². The molecule has 5 atom stereocenters. The highest BCUT2D eigenvalue weighted by atomic mass is 16.5. The van der Waals surface area contributed by atoms with Crippen molar-refractivity contribution in [3.05, 3.63) is 29.3 Å². The van der Waals surface area contributed by atoms with Gasteiger partial charge in [-0.15, -0.1) is 0 Å². The van der Waals surface area contributed by atoms with E-state index in [2.05, 4.69) is 30.6 Å². The molecule has 20 heavy (non-hydrogen) atoms.